The van der Waals surface area contributed by atoms with Crippen molar-refractivity contribution in [1.82, 2.24) is 5.32 Å². The van der Waals surface area contributed by atoms with Gasteiger partial charge < -0.3 is 65.1 Å². The molecule has 0 aliphatic carbocycles. The van der Waals surface area contributed by atoms with Crippen molar-refractivity contribution in [1.29, 1.82) is 0 Å². The van der Waals surface area contributed by atoms with E-state index in [4.69, 9.17) is 18.9 Å². The van der Waals surface area contributed by atoms with E-state index in [0.29, 0.717) is 12.8 Å². The van der Waals surface area contributed by atoms with Gasteiger partial charge in [-0.1, -0.05) is 218 Å². The molecule has 0 aromatic heterocycles. The van der Waals surface area contributed by atoms with Crippen molar-refractivity contribution in [3.8, 4) is 0 Å². The van der Waals surface area contributed by atoms with E-state index in [1.807, 2.05) is 6.08 Å². The van der Waals surface area contributed by atoms with E-state index in [0.717, 1.165) is 32.1 Å². The first-order chi connectivity index (χ1) is 34.1. The molecule has 0 spiro atoms. The summed E-state index contributed by atoms with van der Waals surface area (Å²) in [6, 6.07) is -0.925. The predicted octanol–water partition coefficient (Wildman–Crippen LogP) is 8.89. The Bertz CT molecular complexity index is 1270. The predicted molar refractivity (Wildman–Crippen MR) is 277 cm³/mol. The summed E-state index contributed by atoms with van der Waals surface area (Å²) in [5, 5.41) is 86.7. The molecule has 12 atom stereocenters. The maximum Gasteiger partial charge on any atom is 0.220 e. The van der Waals surface area contributed by atoms with E-state index < -0.39 is 86.8 Å². The number of hydrogen-bond donors (Lipinski definition) is 9. The van der Waals surface area contributed by atoms with Crippen molar-refractivity contribution in [2.75, 3.05) is 19.8 Å². The van der Waals surface area contributed by atoms with Crippen molar-refractivity contribution >= 4 is 5.91 Å². The second-order valence-corrected chi connectivity index (χ2v) is 20.4. The number of rotatable bonds is 45. The summed E-state index contributed by atoms with van der Waals surface area (Å²) >= 11 is 0. The third kappa shape index (κ3) is 28.8. The van der Waals surface area contributed by atoms with Gasteiger partial charge in [-0.3, -0.25) is 4.79 Å². The zero-order valence-electron chi connectivity index (χ0n) is 44.0. The first-order valence-electron chi connectivity index (χ1n) is 28.6. The summed E-state index contributed by atoms with van der Waals surface area (Å²) in [5.74, 6) is -0.251. The number of unbranched alkanes of at least 4 members (excludes halogenated alkanes) is 30. The van der Waals surface area contributed by atoms with Crippen LogP contribution in [0.5, 0.6) is 0 Å². The Morgan fingerprint density at radius 3 is 1.40 bits per heavy atom. The second kappa shape index (κ2) is 42.8. The number of allylic oxidation sites excluding steroid dienone is 3. The van der Waals surface area contributed by atoms with Gasteiger partial charge in [0, 0.05) is 6.42 Å². The van der Waals surface area contributed by atoms with Crippen LogP contribution in [0.25, 0.3) is 0 Å². The van der Waals surface area contributed by atoms with Gasteiger partial charge in [0.1, 0.15) is 48.8 Å². The molecule has 14 nitrogen and oxygen atoms in total. The van der Waals surface area contributed by atoms with E-state index in [2.05, 4.69) is 31.3 Å². The van der Waals surface area contributed by atoms with Crippen molar-refractivity contribution in [3.05, 3.63) is 24.3 Å². The van der Waals surface area contributed by atoms with Gasteiger partial charge in [0.05, 0.1) is 32.0 Å². The first kappa shape index (κ1) is 64.6. The molecule has 0 radical (unpaired) electrons. The van der Waals surface area contributed by atoms with Crippen molar-refractivity contribution in [2.24, 2.45) is 0 Å². The van der Waals surface area contributed by atoms with Gasteiger partial charge in [0.2, 0.25) is 5.91 Å². The van der Waals surface area contributed by atoms with Crippen LogP contribution in [-0.2, 0) is 23.7 Å². The molecule has 412 valence electrons. The summed E-state index contributed by atoms with van der Waals surface area (Å²) in [6.07, 6.45) is 32.6. The molecule has 2 heterocycles. The van der Waals surface area contributed by atoms with Gasteiger partial charge in [-0.2, -0.15) is 0 Å². The molecule has 2 saturated heterocycles. The van der Waals surface area contributed by atoms with E-state index in [9.17, 15) is 45.6 Å². The molecular formula is C56H105NO13. The van der Waals surface area contributed by atoms with Gasteiger partial charge in [0.15, 0.2) is 12.6 Å². The number of amides is 1. The topological polar surface area (TPSA) is 228 Å². The third-order valence-corrected chi connectivity index (χ3v) is 14.1. The fourth-order valence-electron chi connectivity index (χ4n) is 9.48. The number of aliphatic hydroxyl groups excluding tert-OH is 8. The molecule has 0 bridgehead atoms. The molecule has 2 rings (SSSR count). The molecule has 2 fully saturated rings. The molecule has 0 aromatic rings. The lowest BCUT2D eigenvalue weighted by molar-refractivity contribution is -0.359. The molecule has 0 saturated carbocycles. The average molecular weight is 1000 g/mol. The van der Waals surface area contributed by atoms with E-state index in [1.54, 1.807) is 6.08 Å². The summed E-state index contributed by atoms with van der Waals surface area (Å²) in [5.41, 5.74) is 0. The van der Waals surface area contributed by atoms with Crippen LogP contribution in [0.1, 0.15) is 232 Å². The van der Waals surface area contributed by atoms with Gasteiger partial charge in [-0.25, -0.2) is 0 Å². The number of nitrogens with one attached hydrogen (secondary N) is 1. The lowest BCUT2D eigenvalue weighted by Crippen LogP contribution is -2.65. The van der Waals surface area contributed by atoms with Crippen LogP contribution < -0.4 is 5.32 Å². The van der Waals surface area contributed by atoms with Crippen LogP contribution in [0.15, 0.2) is 24.3 Å². The lowest BCUT2D eigenvalue weighted by Gasteiger charge is -2.46. The second-order valence-electron chi connectivity index (χ2n) is 20.4. The van der Waals surface area contributed by atoms with Crippen LogP contribution in [-0.4, -0.2) is 140 Å². The Balaban J connectivity index is 1.72. The summed E-state index contributed by atoms with van der Waals surface area (Å²) in [4.78, 5) is 13.1. The van der Waals surface area contributed by atoms with Crippen LogP contribution in [0, 0.1) is 0 Å². The number of ether oxygens (including phenoxy) is 4. The SMILES string of the molecule is CCCCCCCCCCCCCCCCCCCCCCC/C=C/CC/C=C/C(O)C(COC1OC(CO)C(OC2OC(CO)C(O)C(O)C2O)C(O)C1O)NC(=O)CCCCCCCCCCC. The maximum atomic E-state index is 13.1. The van der Waals surface area contributed by atoms with E-state index in [-0.39, 0.29) is 18.9 Å². The largest absolute Gasteiger partial charge is 0.394 e. The minimum atomic E-state index is -1.79. The molecule has 1 amide bonds. The van der Waals surface area contributed by atoms with Crippen molar-refractivity contribution in [2.45, 2.75) is 306 Å². The van der Waals surface area contributed by atoms with Gasteiger partial charge >= 0.3 is 0 Å². The number of carbonyl (C=O) groups excluding carboxylic acids is 1. The lowest BCUT2D eigenvalue weighted by atomic mass is 9.97. The normalized spacial score (nSPS) is 26.1. The monoisotopic (exact) mass is 1000 g/mol. The molecule has 14 heteroatoms. The number of aliphatic hydroxyl groups is 8. The van der Waals surface area contributed by atoms with E-state index >= 15 is 0 Å². The quantitative estimate of drug-likeness (QED) is 0.0205. The Hall–Kier alpha value is -1.53. The highest BCUT2D eigenvalue weighted by Gasteiger charge is 2.51. The highest BCUT2D eigenvalue weighted by atomic mass is 16.7. The van der Waals surface area contributed by atoms with Gasteiger partial charge in [0.25, 0.3) is 0 Å². The zero-order chi connectivity index (χ0) is 51.0. The van der Waals surface area contributed by atoms with Crippen LogP contribution in [0.4, 0.5) is 0 Å². The van der Waals surface area contributed by atoms with E-state index in [1.165, 1.54) is 167 Å². The Morgan fingerprint density at radius 1 is 0.500 bits per heavy atom. The van der Waals surface area contributed by atoms with Crippen LogP contribution in [0.3, 0.4) is 0 Å². The minimum Gasteiger partial charge on any atom is -0.394 e. The molecule has 12 unspecified atom stereocenters. The van der Waals surface area contributed by atoms with Crippen LogP contribution >= 0.6 is 0 Å². The van der Waals surface area contributed by atoms with Crippen LogP contribution in [0.2, 0.25) is 0 Å². The fraction of sp³-hybridized carbons (Fsp3) is 0.911. The number of hydrogen-bond acceptors (Lipinski definition) is 13. The Labute approximate surface area is 424 Å². The minimum absolute atomic E-state index is 0.251. The molecule has 9 N–H and O–H groups in total. The number of carbonyl (C=O) groups is 1. The molecule has 70 heavy (non-hydrogen) atoms. The first-order valence-corrected chi connectivity index (χ1v) is 28.6. The zero-order valence-corrected chi connectivity index (χ0v) is 44.0. The molecule has 2 aliphatic rings. The summed E-state index contributed by atoms with van der Waals surface area (Å²) < 4.78 is 22.7. The Morgan fingerprint density at radius 2 is 0.914 bits per heavy atom. The standard InChI is InChI=1S/C56H105NO13/c1-3-5-7-9-11-13-14-15-16-17-18-19-20-21-22-23-24-25-26-27-28-29-30-32-33-35-37-39-45(60)44(57-48(61)40-38-36-34-31-12-10-8-6-4-2)43-67-55-53(66)51(64)54(47(42-59)69-55)70-56-52(65)50(63)49(62)46(41-58)68-56/h30,32,37,39,44-47,49-56,58-60,62-66H,3-29,31,33-36,38,40-43H2,1-2H3,(H,57,61)/b32-30+,39-37+. The smallest absolute Gasteiger partial charge is 0.220 e. The summed E-state index contributed by atoms with van der Waals surface area (Å²) in [7, 11) is 0. The van der Waals surface area contributed by atoms with Crippen molar-refractivity contribution in [3.63, 3.8) is 0 Å². The fourth-order valence-corrected chi connectivity index (χ4v) is 9.48. The highest BCUT2D eigenvalue weighted by Crippen LogP contribution is 2.30. The third-order valence-electron chi connectivity index (χ3n) is 14.1. The summed E-state index contributed by atoms with van der Waals surface area (Å²) in [6.45, 7) is 2.76. The molecule has 2 aliphatic heterocycles. The molecule has 0 aromatic carbocycles. The van der Waals surface area contributed by atoms with Gasteiger partial charge in [-0.05, 0) is 32.1 Å². The maximum absolute atomic E-state index is 13.1. The van der Waals surface area contributed by atoms with Gasteiger partial charge in [-0.15, -0.1) is 0 Å². The Kier molecular flexibility index (Phi) is 39.5. The van der Waals surface area contributed by atoms with Crippen molar-refractivity contribution < 1.29 is 64.6 Å². The molecular weight excluding hydrogens is 895 g/mol. The average Bonchev–Trinajstić information content (AvgIpc) is 3.36. The highest BCUT2D eigenvalue weighted by molar-refractivity contribution is 5.76.